The molecule has 3 heterocycles. The Balaban J connectivity index is 1.34. The monoisotopic (exact) mass is 424 g/mol. The number of hydrogen-bond donors (Lipinski definition) is 1. The Morgan fingerprint density at radius 2 is 1.81 bits per heavy atom. The average molecular weight is 425 g/mol. The maximum atomic E-state index is 6.05. The van der Waals surface area contributed by atoms with Crippen LogP contribution in [0.5, 0.6) is 11.8 Å². The van der Waals surface area contributed by atoms with Crippen molar-refractivity contribution in [3.8, 4) is 11.8 Å². The zero-order valence-corrected chi connectivity index (χ0v) is 18.3. The molecule has 0 radical (unpaired) electrons. The fourth-order valence-electron chi connectivity index (χ4n) is 3.81. The number of likely N-dealkylation sites (tertiary alicyclic amines) is 1. The first-order chi connectivity index (χ1) is 15.2. The Hall–Kier alpha value is -2.87. The Morgan fingerprint density at radius 1 is 1.03 bits per heavy atom. The Bertz CT molecular complexity index is 966. The number of benzene rings is 1. The van der Waals surface area contributed by atoms with Crippen molar-refractivity contribution in [2.45, 2.75) is 45.4 Å². The van der Waals surface area contributed by atoms with Gasteiger partial charge >= 0.3 is 6.01 Å². The number of rotatable bonds is 11. The number of fused-ring (bicyclic) bond motifs is 1. The third-order valence-corrected chi connectivity index (χ3v) is 5.56. The Kier molecular flexibility index (Phi) is 7.19. The molecule has 2 aromatic heterocycles. The van der Waals surface area contributed by atoms with Crippen molar-refractivity contribution in [2.75, 3.05) is 38.6 Å². The summed E-state index contributed by atoms with van der Waals surface area (Å²) in [5, 5.41) is 4.48. The smallest absolute Gasteiger partial charge is 0.336 e. The topological polar surface area (TPSA) is 90.8 Å². The molecule has 3 aromatic rings. The van der Waals surface area contributed by atoms with E-state index in [1.54, 1.807) is 10.7 Å². The highest BCUT2D eigenvalue weighted by Gasteiger charge is 2.13. The van der Waals surface area contributed by atoms with E-state index < -0.39 is 0 Å². The predicted molar refractivity (Wildman–Crippen MR) is 121 cm³/mol. The lowest BCUT2D eigenvalue weighted by Gasteiger charge is -2.14. The molecule has 0 amide bonds. The summed E-state index contributed by atoms with van der Waals surface area (Å²) in [5.41, 5.74) is 8.69. The van der Waals surface area contributed by atoms with Gasteiger partial charge in [-0.25, -0.2) is 9.50 Å². The molecule has 0 atom stereocenters. The standard InChI is InChI=1S/C23H32N6O2/c1-2-3-14-31-23-26-21(24)22-25-17-19(29(22)27-23)16-18-7-9-20(10-8-18)30-15-6-13-28-11-4-5-12-28/h7-10,17H,2-6,11-16H2,1H3,(H2,24,26,27). The van der Waals surface area contributed by atoms with Crippen molar-refractivity contribution in [1.82, 2.24) is 24.5 Å². The van der Waals surface area contributed by atoms with Gasteiger partial charge in [0.15, 0.2) is 11.5 Å². The van der Waals surface area contributed by atoms with Crippen LogP contribution < -0.4 is 15.2 Å². The van der Waals surface area contributed by atoms with Gasteiger partial charge in [0, 0.05) is 13.0 Å². The van der Waals surface area contributed by atoms with Crippen LogP contribution in [-0.4, -0.2) is 57.3 Å². The second-order valence-electron chi connectivity index (χ2n) is 8.04. The first-order valence-electron chi connectivity index (χ1n) is 11.3. The SMILES string of the molecule is CCCCOc1nc(N)c2ncc(Cc3ccc(OCCCN4CCCC4)cc3)n2n1. The van der Waals surface area contributed by atoms with Crippen molar-refractivity contribution in [3.05, 3.63) is 41.7 Å². The van der Waals surface area contributed by atoms with E-state index in [0.717, 1.165) is 49.4 Å². The minimum Gasteiger partial charge on any atom is -0.494 e. The number of anilines is 1. The van der Waals surface area contributed by atoms with Crippen LogP contribution >= 0.6 is 0 Å². The fraction of sp³-hybridized carbons (Fsp3) is 0.522. The molecule has 1 aromatic carbocycles. The number of nitrogens with zero attached hydrogens (tertiary/aromatic N) is 5. The summed E-state index contributed by atoms with van der Waals surface area (Å²) in [6, 6.07) is 8.50. The van der Waals surface area contributed by atoms with Gasteiger partial charge in [-0.2, -0.15) is 4.98 Å². The summed E-state index contributed by atoms with van der Waals surface area (Å²) in [6.07, 6.45) is 8.20. The van der Waals surface area contributed by atoms with Crippen molar-refractivity contribution < 1.29 is 9.47 Å². The maximum absolute atomic E-state index is 6.05. The first-order valence-corrected chi connectivity index (χ1v) is 11.3. The number of unbranched alkanes of at least 4 members (excludes halogenated alkanes) is 1. The van der Waals surface area contributed by atoms with Crippen molar-refractivity contribution >= 4 is 11.5 Å². The maximum Gasteiger partial charge on any atom is 0.336 e. The molecule has 0 spiro atoms. The lowest BCUT2D eigenvalue weighted by atomic mass is 10.1. The van der Waals surface area contributed by atoms with E-state index in [2.05, 4.69) is 39.0 Å². The third-order valence-electron chi connectivity index (χ3n) is 5.56. The predicted octanol–water partition coefficient (Wildman–Crippen LogP) is 3.34. The van der Waals surface area contributed by atoms with Gasteiger partial charge in [-0.05, 0) is 56.5 Å². The van der Waals surface area contributed by atoms with Crippen molar-refractivity contribution in [2.24, 2.45) is 0 Å². The first kappa shape index (κ1) is 21.4. The van der Waals surface area contributed by atoms with Crippen LogP contribution in [-0.2, 0) is 6.42 Å². The highest BCUT2D eigenvalue weighted by Crippen LogP contribution is 2.19. The molecule has 1 aliphatic heterocycles. The van der Waals surface area contributed by atoms with Gasteiger partial charge in [0.05, 0.1) is 25.1 Å². The van der Waals surface area contributed by atoms with E-state index >= 15 is 0 Å². The summed E-state index contributed by atoms with van der Waals surface area (Å²) in [6.45, 7) is 7.04. The fourth-order valence-corrected chi connectivity index (χ4v) is 3.81. The summed E-state index contributed by atoms with van der Waals surface area (Å²) >= 11 is 0. The molecule has 0 unspecified atom stereocenters. The van der Waals surface area contributed by atoms with Crippen molar-refractivity contribution in [3.63, 3.8) is 0 Å². The van der Waals surface area contributed by atoms with Gasteiger partial charge < -0.3 is 20.1 Å². The van der Waals surface area contributed by atoms with Gasteiger partial charge in [0.1, 0.15) is 5.75 Å². The Labute approximate surface area is 183 Å². The number of nitrogens with two attached hydrogens (primary N) is 1. The largest absolute Gasteiger partial charge is 0.494 e. The molecular formula is C23H32N6O2. The number of imidazole rings is 1. The third kappa shape index (κ3) is 5.64. The molecular weight excluding hydrogens is 392 g/mol. The van der Waals surface area contributed by atoms with Crippen LogP contribution in [0.2, 0.25) is 0 Å². The van der Waals surface area contributed by atoms with Gasteiger partial charge in [0.2, 0.25) is 0 Å². The molecule has 1 aliphatic rings. The quantitative estimate of drug-likeness (QED) is 0.472. The van der Waals surface area contributed by atoms with Crippen LogP contribution in [0.25, 0.3) is 5.65 Å². The molecule has 8 heteroatoms. The Morgan fingerprint density at radius 3 is 2.58 bits per heavy atom. The minimum atomic E-state index is 0.287. The van der Waals surface area contributed by atoms with E-state index in [-0.39, 0.29) is 6.01 Å². The van der Waals surface area contributed by atoms with Gasteiger partial charge in [-0.1, -0.05) is 25.5 Å². The molecule has 166 valence electrons. The lowest BCUT2D eigenvalue weighted by molar-refractivity contribution is 0.263. The highest BCUT2D eigenvalue weighted by molar-refractivity contribution is 5.59. The minimum absolute atomic E-state index is 0.287. The van der Waals surface area contributed by atoms with Crippen LogP contribution in [0.4, 0.5) is 5.82 Å². The van der Waals surface area contributed by atoms with Crippen LogP contribution in [0, 0.1) is 0 Å². The molecule has 0 aliphatic carbocycles. The van der Waals surface area contributed by atoms with Crippen LogP contribution in [0.15, 0.2) is 30.5 Å². The molecule has 8 nitrogen and oxygen atoms in total. The normalized spacial score (nSPS) is 14.4. The van der Waals surface area contributed by atoms with E-state index in [4.69, 9.17) is 15.2 Å². The molecule has 1 saturated heterocycles. The van der Waals surface area contributed by atoms with Crippen LogP contribution in [0.1, 0.15) is 50.3 Å². The summed E-state index contributed by atoms with van der Waals surface area (Å²) in [4.78, 5) is 11.1. The number of hydrogen-bond acceptors (Lipinski definition) is 7. The van der Waals surface area contributed by atoms with E-state index in [1.807, 2.05) is 12.1 Å². The molecule has 0 bridgehead atoms. The second kappa shape index (κ2) is 10.4. The lowest BCUT2D eigenvalue weighted by Crippen LogP contribution is -2.21. The molecule has 0 saturated carbocycles. The molecule has 1 fully saturated rings. The zero-order chi connectivity index (χ0) is 21.5. The van der Waals surface area contributed by atoms with E-state index in [0.29, 0.717) is 24.5 Å². The van der Waals surface area contributed by atoms with Gasteiger partial charge in [-0.15, -0.1) is 5.10 Å². The highest BCUT2D eigenvalue weighted by atomic mass is 16.5. The number of ether oxygens (including phenoxy) is 2. The van der Waals surface area contributed by atoms with Gasteiger partial charge in [0.25, 0.3) is 0 Å². The van der Waals surface area contributed by atoms with E-state index in [9.17, 15) is 0 Å². The average Bonchev–Trinajstić information content (AvgIpc) is 3.43. The van der Waals surface area contributed by atoms with E-state index in [1.165, 1.54) is 25.9 Å². The van der Waals surface area contributed by atoms with Crippen LogP contribution in [0.3, 0.4) is 0 Å². The summed E-state index contributed by atoms with van der Waals surface area (Å²) in [7, 11) is 0. The van der Waals surface area contributed by atoms with Crippen molar-refractivity contribution in [1.29, 1.82) is 0 Å². The summed E-state index contributed by atoms with van der Waals surface area (Å²) in [5.74, 6) is 1.23. The number of aromatic nitrogens is 4. The molecule has 2 N–H and O–H groups in total. The molecule has 31 heavy (non-hydrogen) atoms. The second-order valence-corrected chi connectivity index (χ2v) is 8.04. The zero-order valence-electron chi connectivity index (χ0n) is 18.3. The summed E-state index contributed by atoms with van der Waals surface area (Å²) < 4.78 is 13.3. The number of nitrogen functional groups attached to an aromatic ring is 1. The van der Waals surface area contributed by atoms with Gasteiger partial charge in [-0.3, -0.25) is 0 Å². The molecule has 4 rings (SSSR count).